The van der Waals surface area contributed by atoms with Gasteiger partial charge >= 0.3 is 17.1 Å². The number of rotatable bonds is 3. The molecule has 0 aliphatic rings. The lowest BCUT2D eigenvalue weighted by Gasteiger charge is -1.95. The summed E-state index contributed by atoms with van der Waals surface area (Å²) in [5.74, 6) is 0. The Balaban J connectivity index is 0.00000225. The number of nitrogens with zero attached hydrogens (tertiary/aromatic N) is 3. The van der Waals surface area contributed by atoms with E-state index < -0.39 is 31.8 Å². The second kappa shape index (κ2) is 4.75. The van der Waals surface area contributed by atoms with E-state index in [1.54, 1.807) is 0 Å². The van der Waals surface area contributed by atoms with Gasteiger partial charge < -0.3 is 6.15 Å². The monoisotopic (exact) mass is 230 g/mol. The van der Waals surface area contributed by atoms with Crippen LogP contribution in [0.3, 0.4) is 0 Å². The molecule has 0 amide bonds. The minimum atomic E-state index is -1.14. The molecule has 1 aromatic carbocycles. The standard InChI is InChI=1S/C6H3N3O6.H3N/c10-7(11)4-2-1-3-5(8(12)13)6(4)9(14)15;/h1-3H;1H3. The van der Waals surface area contributed by atoms with E-state index in [4.69, 9.17) is 0 Å². The fraction of sp³-hybridized carbons (Fsp3) is 0. The van der Waals surface area contributed by atoms with Crippen molar-refractivity contribution in [1.29, 1.82) is 0 Å². The quantitative estimate of drug-likeness (QED) is 0.607. The van der Waals surface area contributed by atoms with E-state index in [0.717, 1.165) is 18.2 Å². The fourth-order valence-corrected chi connectivity index (χ4v) is 1.00. The number of nitro groups is 3. The summed E-state index contributed by atoms with van der Waals surface area (Å²) in [4.78, 5) is 28.0. The molecule has 0 aliphatic carbocycles. The Kier molecular flexibility index (Phi) is 3.97. The first-order valence-corrected chi connectivity index (χ1v) is 3.51. The van der Waals surface area contributed by atoms with Crippen LogP contribution in [0, 0.1) is 30.3 Å². The summed E-state index contributed by atoms with van der Waals surface area (Å²) in [6, 6.07) is 2.69. The first-order valence-electron chi connectivity index (χ1n) is 3.51. The topological polar surface area (TPSA) is 164 Å². The Morgan fingerprint density at radius 2 is 1.19 bits per heavy atom. The molecule has 1 rings (SSSR count). The summed E-state index contributed by atoms with van der Waals surface area (Å²) in [6.45, 7) is 0. The molecule has 0 aromatic heterocycles. The van der Waals surface area contributed by atoms with Gasteiger partial charge in [-0.05, 0) is 6.07 Å². The average Bonchev–Trinajstić information content (AvgIpc) is 2.16. The molecule has 0 heterocycles. The van der Waals surface area contributed by atoms with Crippen molar-refractivity contribution >= 4 is 17.1 Å². The highest BCUT2D eigenvalue weighted by molar-refractivity contribution is 5.65. The van der Waals surface area contributed by atoms with Crippen LogP contribution in [0.1, 0.15) is 0 Å². The van der Waals surface area contributed by atoms with E-state index in [0.29, 0.717) is 0 Å². The van der Waals surface area contributed by atoms with E-state index in [1.165, 1.54) is 0 Å². The van der Waals surface area contributed by atoms with Crippen molar-refractivity contribution in [2.24, 2.45) is 0 Å². The Labute approximate surface area is 87.5 Å². The number of nitro benzene ring substituents is 3. The van der Waals surface area contributed by atoms with Crippen LogP contribution in [-0.2, 0) is 0 Å². The summed E-state index contributed by atoms with van der Waals surface area (Å²) in [6.07, 6.45) is 0. The van der Waals surface area contributed by atoms with Crippen LogP contribution < -0.4 is 6.15 Å². The minimum Gasteiger partial charge on any atom is -0.344 e. The molecule has 16 heavy (non-hydrogen) atoms. The van der Waals surface area contributed by atoms with Gasteiger partial charge in [0.1, 0.15) is 0 Å². The highest BCUT2D eigenvalue weighted by atomic mass is 16.6. The molecule has 0 unspecified atom stereocenters. The maximum absolute atomic E-state index is 10.4. The van der Waals surface area contributed by atoms with Crippen molar-refractivity contribution < 1.29 is 14.8 Å². The molecule has 0 saturated heterocycles. The number of para-hydroxylation sites is 1. The van der Waals surface area contributed by atoms with Crippen LogP contribution in [0.4, 0.5) is 17.1 Å². The van der Waals surface area contributed by atoms with Gasteiger partial charge in [0.15, 0.2) is 0 Å². The SMILES string of the molecule is N.O=[N+]([O-])c1cccc([N+](=O)[O-])c1[N+](=O)[O-]. The molecule has 86 valence electrons. The van der Waals surface area contributed by atoms with Crippen LogP contribution in [-0.4, -0.2) is 14.8 Å². The zero-order chi connectivity index (χ0) is 11.6. The van der Waals surface area contributed by atoms with Crippen molar-refractivity contribution in [3.05, 3.63) is 48.5 Å². The lowest BCUT2D eigenvalue weighted by molar-refractivity contribution is -0.441. The lowest BCUT2D eigenvalue weighted by atomic mass is 10.2. The summed E-state index contributed by atoms with van der Waals surface area (Å²) < 4.78 is 0. The first kappa shape index (κ1) is 13.4. The molecule has 0 atom stereocenters. The van der Waals surface area contributed by atoms with Crippen molar-refractivity contribution in [2.75, 3.05) is 0 Å². The molecule has 3 N–H and O–H groups in total. The van der Waals surface area contributed by atoms with Gasteiger partial charge in [-0.15, -0.1) is 0 Å². The van der Waals surface area contributed by atoms with Crippen LogP contribution in [0.25, 0.3) is 0 Å². The molecule has 0 fully saturated rings. The Morgan fingerprint density at radius 1 is 0.812 bits per heavy atom. The van der Waals surface area contributed by atoms with Crippen LogP contribution >= 0.6 is 0 Å². The minimum absolute atomic E-state index is 0. The second-order valence-electron chi connectivity index (χ2n) is 2.42. The first-order chi connectivity index (χ1) is 6.95. The largest absolute Gasteiger partial charge is 0.422 e. The molecule has 10 heteroatoms. The third-order valence-electron chi connectivity index (χ3n) is 1.57. The van der Waals surface area contributed by atoms with Gasteiger partial charge in [-0.25, -0.2) is 0 Å². The van der Waals surface area contributed by atoms with Crippen molar-refractivity contribution in [2.45, 2.75) is 0 Å². The Hall–Kier alpha value is -2.62. The van der Waals surface area contributed by atoms with Crippen LogP contribution in [0.5, 0.6) is 0 Å². The smallest absolute Gasteiger partial charge is 0.344 e. The molecule has 10 nitrogen and oxygen atoms in total. The van der Waals surface area contributed by atoms with Gasteiger partial charge in [-0.3, -0.25) is 30.3 Å². The van der Waals surface area contributed by atoms with Crippen LogP contribution in [0.2, 0.25) is 0 Å². The molecular formula is C6H6N4O6. The van der Waals surface area contributed by atoms with Crippen molar-refractivity contribution in [3.8, 4) is 0 Å². The molecule has 1 aromatic rings. The maximum atomic E-state index is 10.4. The molecular weight excluding hydrogens is 224 g/mol. The van der Waals surface area contributed by atoms with Crippen LogP contribution in [0.15, 0.2) is 18.2 Å². The van der Waals surface area contributed by atoms with Crippen molar-refractivity contribution in [1.82, 2.24) is 6.15 Å². The summed E-state index contributed by atoms with van der Waals surface area (Å²) in [7, 11) is 0. The average molecular weight is 230 g/mol. The predicted octanol–water partition coefficient (Wildman–Crippen LogP) is 1.57. The summed E-state index contributed by atoms with van der Waals surface area (Å²) >= 11 is 0. The zero-order valence-electron chi connectivity index (χ0n) is 7.73. The number of hydrogen-bond acceptors (Lipinski definition) is 7. The maximum Gasteiger partial charge on any atom is 0.422 e. The lowest BCUT2D eigenvalue weighted by Crippen LogP contribution is -2.00. The number of hydrogen-bond donors (Lipinski definition) is 1. The highest BCUT2D eigenvalue weighted by Crippen LogP contribution is 2.35. The van der Waals surface area contributed by atoms with E-state index >= 15 is 0 Å². The molecule has 0 spiro atoms. The van der Waals surface area contributed by atoms with Gasteiger partial charge in [-0.2, -0.15) is 0 Å². The molecule has 0 aliphatic heterocycles. The van der Waals surface area contributed by atoms with E-state index in [1.807, 2.05) is 0 Å². The Bertz CT molecular complexity index is 426. The van der Waals surface area contributed by atoms with E-state index in [-0.39, 0.29) is 6.15 Å². The zero-order valence-corrected chi connectivity index (χ0v) is 7.73. The van der Waals surface area contributed by atoms with Gasteiger partial charge in [0, 0.05) is 12.1 Å². The Morgan fingerprint density at radius 3 is 1.44 bits per heavy atom. The summed E-state index contributed by atoms with van der Waals surface area (Å²) in [5.41, 5.74) is -2.89. The van der Waals surface area contributed by atoms with E-state index in [9.17, 15) is 30.3 Å². The van der Waals surface area contributed by atoms with Gasteiger partial charge in [0.25, 0.3) is 0 Å². The highest BCUT2D eigenvalue weighted by Gasteiger charge is 2.34. The molecule has 0 saturated carbocycles. The van der Waals surface area contributed by atoms with Gasteiger partial charge in [-0.1, -0.05) is 0 Å². The van der Waals surface area contributed by atoms with Gasteiger partial charge in [0.2, 0.25) is 0 Å². The number of benzene rings is 1. The second-order valence-corrected chi connectivity index (χ2v) is 2.42. The van der Waals surface area contributed by atoms with Crippen molar-refractivity contribution in [3.63, 3.8) is 0 Å². The third-order valence-corrected chi connectivity index (χ3v) is 1.57. The van der Waals surface area contributed by atoms with E-state index in [2.05, 4.69) is 0 Å². The van der Waals surface area contributed by atoms with Gasteiger partial charge in [0.05, 0.1) is 14.8 Å². The third kappa shape index (κ3) is 2.24. The predicted molar refractivity (Wildman–Crippen MR) is 51.4 cm³/mol. The fourth-order valence-electron chi connectivity index (χ4n) is 1.00. The summed E-state index contributed by atoms with van der Waals surface area (Å²) in [5, 5.41) is 31.2. The molecule has 0 radical (unpaired) electrons. The molecule has 0 bridgehead atoms. The normalized spacial score (nSPS) is 9.00.